The van der Waals surface area contributed by atoms with Gasteiger partial charge in [0.15, 0.2) is 6.10 Å². The zero-order chi connectivity index (χ0) is 20.8. The molecule has 1 aliphatic heterocycles. The first kappa shape index (κ1) is 21.2. The van der Waals surface area contributed by atoms with Crippen molar-refractivity contribution >= 4 is 41.3 Å². The Labute approximate surface area is 173 Å². The number of benzene rings is 1. The van der Waals surface area contributed by atoms with Crippen LogP contribution >= 0.6 is 11.8 Å². The number of imide groups is 1. The fraction of sp³-hybridized carbons (Fsp3) is 0.500. The van der Waals surface area contributed by atoms with Crippen molar-refractivity contribution in [2.24, 2.45) is 0 Å². The second kappa shape index (κ2) is 9.78. The fourth-order valence-corrected chi connectivity index (χ4v) is 4.45. The number of ether oxygens (including phenoxy) is 1. The molecule has 1 fully saturated rings. The van der Waals surface area contributed by atoms with E-state index >= 15 is 0 Å². The van der Waals surface area contributed by atoms with E-state index in [1.165, 1.54) is 18.7 Å². The van der Waals surface area contributed by atoms with Crippen molar-refractivity contribution < 1.29 is 23.9 Å². The van der Waals surface area contributed by atoms with E-state index in [1.54, 1.807) is 6.07 Å². The Morgan fingerprint density at radius 3 is 2.69 bits per heavy atom. The summed E-state index contributed by atoms with van der Waals surface area (Å²) >= 11 is 1.28. The Balaban J connectivity index is 1.44. The smallest absolute Gasteiger partial charge is 0.321 e. The SMILES string of the molecule is C[C@@H](OC(=O)C[C@H]1Sc2ccccc2NC1=O)C(=O)NC(=O)NC1CCCCC1. The molecular formula is C20H25N3O5S. The van der Waals surface area contributed by atoms with Crippen molar-refractivity contribution in [1.82, 2.24) is 10.6 Å². The zero-order valence-corrected chi connectivity index (χ0v) is 17.1. The Bertz CT molecular complexity index is 794. The minimum absolute atomic E-state index is 0.0686. The largest absolute Gasteiger partial charge is 0.452 e. The molecule has 8 nitrogen and oxygen atoms in total. The van der Waals surface area contributed by atoms with Crippen LogP contribution in [0.1, 0.15) is 45.4 Å². The topological polar surface area (TPSA) is 114 Å². The number of thioether (sulfide) groups is 1. The molecular weight excluding hydrogens is 394 g/mol. The first-order valence-electron chi connectivity index (χ1n) is 9.80. The van der Waals surface area contributed by atoms with Gasteiger partial charge in [-0.25, -0.2) is 4.79 Å². The number of fused-ring (bicyclic) bond motifs is 1. The molecule has 0 unspecified atom stereocenters. The summed E-state index contributed by atoms with van der Waals surface area (Å²) in [6, 6.07) is 6.81. The molecule has 3 N–H and O–H groups in total. The number of esters is 1. The van der Waals surface area contributed by atoms with E-state index in [-0.39, 0.29) is 18.4 Å². The number of amides is 4. The van der Waals surface area contributed by atoms with Crippen LogP contribution in [-0.4, -0.2) is 41.2 Å². The van der Waals surface area contributed by atoms with Crippen molar-refractivity contribution in [2.75, 3.05) is 5.32 Å². The number of urea groups is 1. The summed E-state index contributed by atoms with van der Waals surface area (Å²) in [6.07, 6.45) is 3.77. The summed E-state index contributed by atoms with van der Waals surface area (Å²) in [5, 5.41) is 7.10. The molecule has 0 radical (unpaired) electrons. The Morgan fingerprint density at radius 1 is 1.21 bits per heavy atom. The third kappa shape index (κ3) is 5.96. The molecule has 156 valence electrons. The van der Waals surface area contributed by atoms with Crippen LogP contribution < -0.4 is 16.0 Å². The number of anilines is 1. The highest BCUT2D eigenvalue weighted by atomic mass is 32.2. The van der Waals surface area contributed by atoms with E-state index < -0.39 is 29.3 Å². The molecule has 0 saturated heterocycles. The van der Waals surface area contributed by atoms with Crippen molar-refractivity contribution in [2.45, 2.75) is 67.7 Å². The van der Waals surface area contributed by atoms with Gasteiger partial charge in [-0.1, -0.05) is 31.4 Å². The second-order valence-electron chi connectivity index (χ2n) is 7.23. The van der Waals surface area contributed by atoms with Gasteiger partial charge in [-0.3, -0.25) is 19.7 Å². The first-order chi connectivity index (χ1) is 13.9. The predicted molar refractivity (Wildman–Crippen MR) is 108 cm³/mol. The van der Waals surface area contributed by atoms with Crippen molar-refractivity contribution in [3.8, 4) is 0 Å². The summed E-state index contributed by atoms with van der Waals surface area (Å²) in [7, 11) is 0. The number of carbonyl (C=O) groups is 4. The van der Waals surface area contributed by atoms with Crippen molar-refractivity contribution in [3.05, 3.63) is 24.3 Å². The van der Waals surface area contributed by atoms with Gasteiger partial charge in [-0.2, -0.15) is 0 Å². The zero-order valence-electron chi connectivity index (χ0n) is 16.2. The molecule has 3 rings (SSSR count). The van der Waals surface area contributed by atoms with Crippen LogP contribution in [0.25, 0.3) is 0 Å². The Kier molecular flexibility index (Phi) is 7.13. The lowest BCUT2D eigenvalue weighted by atomic mass is 9.96. The van der Waals surface area contributed by atoms with E-state index in [0.29, 0.717) is 5.69 Å². The predicted octanol–water partition coefficient (Wildman–Crippen LogP) is 2.58. The average Bonchev–Trinajstić information content (AvgIpc) is 2.69. The lowest BCUT2D eigenvalue weighted by Crippen LogP contribution is -2.48. The maximum atomic E-state index is 12.2. The van der Waals surface area contributed by atoms with E-state index in [4.69, 9.17) is 4.74 Å². The highest BCUT2D eigenvalue weighted by molar-refractivity contribution is 8.01. The highest BCUT2D eigenvalue weighted by Gasteiger charge is 2.31. The molecule has 1 aliphatic carbocycles. The number of nitrogens with one attached hydrogen (secondary N) is 3. The molecule has 0 aromatic heterocycles. The summed E-state index contributed by atoms with van der Waals surface area (Å²) in [4.78, 5) is 49.3. The molecule has 1 heterocycles. The molecule has 9 heteroatoms. The number of hydrogen-bond donors (Lipinski definition) is 3. The van der Waals surface area contributed by atoms with Gasteiger partial charge in [0.25, 0.3) is 5.91 Å². The van der Waals surface area contributed by atoms with Crippen LogP contribution in [0, 0.1) is 0 Å². The molecule has 1 aromatic carbocycles. The molecule has 2 atom stereocenters. The minimum Gasteiger partial charge on any atom is -0.452 e. The minimum atomic E-state index is -1.14. The molecule has 4 amide bonds. The number of hydrogen-bond acceptors (Lipinski definition) is 6. The van der Waals surface area contributed by atoms with Gasteiger partial charge in [0, 0.05) is 10.9 Å². The summed E-state index contributed by atoms with van der Waals surface area (Å²) in [5.41, 5.74) is 0.712. The van der Waals surface area contributed by atoms with Crippen molar-refractivity contribution in [1.29, 1.82) is 0 Å². The van der Waals surface area contributed by atoms with Crippen LogP contribution in [0.3, 0.4) is 0 Å². The molecule has 29 heavy (non-hydrogen) atoms. The second-order valence-corrected chi connectivity index (χ2v) is 8.47. The highest BCUT2D eigenvalue weighted by Crippen LogP contribution is 2.36. The molecule has 0 spiro atoms. The van der Waals surface area contributed by atoms with E-state index in [9.17, 15) is 19.2 Å². The number of rotatable bonds is 5. The number of para-hydroxylation sites is 1. The Hall–Kier alpha value is -2.55. The standard InChI is InChI=1S/C20H25N3O5S/c1-12(18(25)23-20(27)21-13-7-3-2-4-8-13)28-17(24)11-16-19(26)22-14-9-5-6-10-15(14)29-16/h5-6,9-10,12-13,16H,2-4,7-8,11H2,1H3,(H,22,26)(H2,21,23,25,27)/t12-,16-/m1/s1. The molecule has 1 saturated carbocycles. The van der Waals surface area contributed by atoms with Crippen molar-refractivity contribution in [3.63, 3.8) is 0 Å². The molecule has 0 bridgehead atoms. The molecule has 2 aliphatic rings. The monoisotopic (exact) mass is 419 g/mol. The lowest BCUT2D eigenvalue weighted by Gasteiger charge is -2.24. The molecule has 1 aromatic rings. The Morgan fingerprint density at radius 2 is 1.93 bits per heavy atom. The summed E-state index contributed by atoms with van der Waals surface area (Å²) in [6.45, 7) is 1.39. The van der Waals surface area contributed by atoms with E-state index in [0.717, 1.165) is 37.0 Å². The number of carbonyl (C=O) groups excluding carboxylic acids is 4. The fourth-order valence-electron chi connectivity index (χ4n) is 3.36. The van der Waals surface area contributed by atoms with Crippen LogP contribution in [0.4, 0.5) is 10.5 Å². The lowest BCUT2D eigenvalue weighted by molar-refractivity contribution is -0.154. The van der Waals surface area contributed by atoms with Crippen LogP contribution in [0.5, 0.6) is 0 Å². The van der Waals surface area contributed by atoms with Gasteiger partial charge in [0.05, 0.1) is 17.4 Å². The van der Waals surface area contributed by atoms with Gasteiger partial charge in [0.2, 0.25) is 5.91 Å². The van der Waals surface area contributed by atoms with Gasteiger partial charge in [0.1, 0.15) is 0 Å². The van der Waals surface area contributed by atoms with Crippen LogP contribution in [0.15, 0.2) is 29.2 Å². The van der Waals surface area contributed by atoms with E-state index in [1.807, 2.05) is 18.2 Å². The van der Waals surface area contributed by atoms with Gasteiger partial charge in [-0.15, -0.1) is 11.8 Å². The summed E-state index contributed by atoms with van der Waals surface area (Å²) in [5.74, 6) is -1.65. The summed E-state index contributed by atoms with van der Waals surface area (Å²) < 4.78 is 5.12. The maximum Gasteiger partial charge on any atom is 0.321 e. The van der Waals surface area contributed by atoms with Crippen LogP contribution in [-0.2, 0) is 19.1 Å². The van der Waals surface area contributed by atoms with Gasteiger partial charge >= 0.3 is 12.0 Å². The van der Waals surface area contributed by atoms with Gasteiger partial charge in [-0.05, 0) is 31.9 Å². The third-order valence-electron chi connectivity index (χ3n) is 4.91. The van der Waals surface area contributed by atoms with Crippen LogP contribution in [0.2, 0.25) is 0 Å². The quantitative estimate of drug-likeness (QED) is 0.632. The average molecular weight is 420 g/mol. The van der Waals surface area contributed by atoms with E-state index in [2.05, 4.69) is 16.0 Å². The normalized spacial score (nSPS) is 20.0. The van der Waals surface area contributed by atoms with Gasteiger partial charge < -0.3 is 15.4 Å². The first-order valence-corrected chi connectivity index (χ1v) is 10.7. The maximum absolute atomic E-state index is 12.2. The third-order valence-corrected chi connectivity index (χ3v) is 6.19.